The van der Waals surface area contributed by atoms with Gasteiger partial charge >= 0.3 is 0 Å². The maximum atomic E-state index is 13.1. The van der Waals surface area contributed by atoms with Crippen molar-refractivity contribution in [1.29, 1.82) is 0 Å². The van der Waals surface area contributed by atoms with Gasteiger partial charge in [0.15, 0.2) is 11.6 Å². The molecule has 1 aromatic rings. The SMILES string of the molecule is NCCOC1CCN(Cc2ccc(F)c(F)c2)CC1. The van der Waals surface area contributed by atoms with Crippen LogP contribution in [0.1, 0.15) is 18.4 Å². The minimum atomic E-state index is -0.794. The molecule has 0 radical (unpaired) electrons. The maximum absolute atomic E-state index is 13.1. The van der Waals surface area contributed by atoms with Crippen LogP contribution >= 0.6 is 0 Å². The van der Waals surface area contributed by atoms with Crippen molar-refractivity contribution in [1.82, 2.24) is 4.90 Å². The van der Waals surface area contributed by atoms with Crippen LogP contribution in [0, 0.1) is 11.6 Å². The first-order valence-electron chi connectivity index (χ1n) is 6.67. The number of piperidine rings is 1. The third kappa shape index (κ3) is 4.23. The van der Waals surface area contributed by atoms with Gasteiger partial charge < -0.3 is 10.5 Å². The van der Waals surface area contributed by atoms with E-state index in [-0.39, 0.29) is 6.10 Å². The Kier molecular flexibility index (Phi) is 5.24. The Morgan fingerprint density at radius 1 is 1.21 bits per heavy atom. The van der Waals surface area contributed by atoms with Crippen molar-refractivity contribution < 1.29 is 13.5 Å². The summed E-state index contributed by atoms with van der Waals surface area (Å²) < 4.78 is 31.5. The summed E-state index contributed by atoms with van der Waals surface area (Å²) in [6.45, 7) is 3.63. The molecule has 1 heterocycles. The van der Waals surface area contributed by atoms with Crippen LogP contribution in [0.2, 0.25) is 0 Å². The lowest BCUT2D eigenvalue weighted by molar-refractivity contribution is 0.00977. The molecule has 1 fully saturated rings. The van der Waals surface area contributed by atoms with Gasteiger partial charge in [0, 0.05) is 26.2 Å². The van der Waals surface area contributed by atoms with Gasteiger partial charge in [-0.15, -0.1) is 0 Å². The molecule has 3 nitrogen and oxygen atoms in total. The highest BCUT2D eigenvalue weighted by molar-refractivity contribution is 5.17. The molecule has 1 aliphatic heterocycles. The number of ether oxygens (including phenoxy) is 1. The van der Waals surface area contributed by atoms with E-state index in [9.17, 15) is 8.78 Å². The van der Waals surface area contributed by atoms with E-state index in [1.54, 1.807) is 6.07 Å². The van der Waals surface area contributed by atoms with Crippen LogP contribution in [0.4, 0.5) is 8.78 Å². The average Bonchev–Trinajstić information content (AvgIpc) is 2.42. The predicted molar refractivity (Wildman–Crippen MR) is 69.7 cm³/mol. The third-order valence-corrected chi connectivity index (χ3v) is 3.40. The van der Waals surface area contributed by atoms with Crippen LogP contribution in [-0.2, 0) is 11.3 Å². The molecule has 1 saturated heterocycles. The first-order valence-corrected chi connectivity index (χ1v) is 6.67. The molecular weight excluding hydrogens is 250 g/mol. The Balaban J connectivity index is 1.80. The third-order valence-electron chi connectivity index (χ3n) is 3.40. The van der Waals surface area contributed by atoms with Gasteiger partial charge in [-0.25, -0.2) is 8.78 Å². The zero-order chi connectivity index (χ0) is 13.7. The molecule has 0 aromatic heterocycles. The zero-order valence-electron chi connectivity index (χ0n) is 10.9. The van der Waals surface area contributed by atoms with E-state index < -0.39 is 11.6 Å². The number of nitrogens with two attached hydrogens (primary N) is 1. The van der Waals surface area contributed by atoms with Gasteiger partial charge in [-0.3, -0.25) is 4.90 Å². The molecule has 5 heteroatoms. The highest BCUT2D eigenvalue weighted by atomic mass is 19.2. The fraction of sp³-hybridized carbons (Fsp3) is 0.571. The first kappa shape index (κ1) is 14.4. The second-order valence-electron chi connectivity index (χ2n) is 4.88. The molecule has 0 spiro atoms. The highest BCUT2D eigenvalue weighted by Gasteiger charge is 2.19. The number of halogens is 2. The zero-order valence-corrected chi connectivity index (χ0v) is 10.9. The molecule has 0 amide bonds. The summed E-state index contributed by atoms with van der Waals surface area (Å²) in [5, 5.41) is 0. The first-order chi connectivity index (χ1) is 9.19. The molecule has 0 aliphatic carbocycles. The van der Waals surface area contributed by atoms with Crippen molar-refractivity contribution in [2.45, 2.75) is 25.5 Å². The fourth-order valence-electron chi connectivity index (χ4n) is 2.36. The van der Waals surface area contributed by atoms with Gasteiger partial charge in [0.05, 0.1) is 12.7 Å². The molecule has 0 bridgehead atoms. The van der Waals surface area contributed by atoms with E-state index in [0.717, 1.165) is 31.5 Å². The van der Waals surface area contributed by atoms with Crippen LogP contribution in [0.3, 0.4) is 0 Å². The fourth-order valence-corrected chi connectivity index (χ4v) is 2.36. The van der Waals surface area contributed by atoms with E-state index in [2.05, 4.69) is 4.90 Å². The van der Waals surface area contributed by atoms with Gasteiger partial charge in [0.1, 0.15) is 0 Å². The molecule has 1 aliphatic rings. The molecule has 0 atom stereocenters. The second-order valence-corrected chi connectivity index (χ2v) is 4.88. The van der Waals surface area contributed by atoms with Crippen molar-refractivity contribution in [3.05, 3.63) is 35.4 Å². The summed E-state index contributed by atoms with van der Waals surface area (Å²) in [4.78, 5) is 2.23. The van der Waals surface area contributed by atoms with Crippen LogP contribution in [-0.4, -0.2) is 37.2 Å². The molecule has 2 rings (SSSR count). The van der Waals surface area contributed by atoms with Crippen molar-refractivity contribution >= 4 is 0 Å². The quantitative estimate of drug-likeness (QED) is 0.888. The second kappa shape index (κ2) is 6.93. The number of hydrogen-bond acceptors (Lipinski definition) is 3. The number of likely N-dealkylation sites (tertiary alicyclic amines) is 1. The number of nitrogens with zero attached hydrogens (tertiary/aromatic N) is 1. The van der Waals surface area contributed by atoms with Crippen molar-refractivity contribution in [3.8, 4) is 0 Å². The summed E-state index contributed by atoms with van der Waals surface area (Å²) in [6, 6.07) is 4.09. The molecule has 0 unspecified atom stereocenters. The highest BCUT2D eigenvalue weighted by Crippen LogP contribution is 2.17. The van der Waals surface area contributed by atoms with Crippen LogP contribution in [0.15, 0.2) is 18.2 Å². The van der Waals surface area contributed by atoms with E-state index in [0.29, 0.717) is 19.7 Å². The van der Waals surface area contributed by atoms with Crippen molar-refractivity contribution in [2.24, 2.45) is 5.73 Å². The number of hydrogen-bond donors (Lipinski definition) is 1. The Bertz CT molecular complexity index is 406. The van der Waals surface area contributed by atoms with E-state index in [4.69, 9.17) is 10.5 Å². The van der Waals surface area contributed by atoms with Crippen LogP contribution in [0.25, 0.3) is 0 Å². The smallest absolute Gasteiger partial charge is 0.159 e. The van der Waals surface area contributed by atoms with Gasteiger partial charge in [0.2, 0.25) is 0 Å². The number of rotatable bonds is 5. The molecule has 106 valence electrons. The van der Waals surface area contributed by atoms with Crippen molar-refractivity contribution in [2.75, 3.05) is 26.2 Å². The van der Waals surface area contributed by atoms with Gasteiger partial charge in [-0.2, -0.15) is 0 Å². The molecule has 2 N–H and O–H groups in total. The normalized spacial score (nSPS) is 17.8. The molecule has 1 aromatic carbocycles. The average molecular weight is 270 g/mol. The lowest BCUT2D eigenvalue weighted by Crippen LogP contribution is -2.37. The lowest BCUT2D eigenvalue weighted by atomic mass is 10.1. The van der Waals surface area contributed by atoms with Crippen molar-refractivity contribution in [3.63, 3.8) is 0 Å². The van der Waals surface area contributed by atoms with E-state index in [1.807, 2.05) is 0 Å². The topological polar surface area (TPSA) is 38.5 Å². The van der Waals surface area contributed by atoms with Gasteiger partial charge in [0.25, 0.3) is 0 Å². The van der Waals surface area contributed by atoms with Crippen LogP contribution < -0.4 is 5.73 Å². The minimum Gasteiger partial charge on any atom is -0.377 e. The predicted octanol–water partition coefficient (Wildman–Crippen LogP) is 1.90. The van der Waals surface area contributed by atoms with E-state index >= 15 is 0 Å². The van der Waals surface area contributed by atoms with Crippen LogP contribution in [0.5, 0.6) is 0 Å². The Morgan fingerprint density at radius 3 is 2.58 bits per heavy atom. The molecule has 19 heavy (non-hydrogen) atoms. The summed E-state index contributed by atoms with van der Waals surface area (Å²) >= 11 is 0. The maximum Gasteiger partial charge on any atom is 0.159 e. The van der Waals surface area contributed by atoms with Gasteiger partial charge in [-0.05, 0) is 30.5 Å². The monoisotopic (exact) mass is 270 g/mol. The standard InChI is InChI=1S/C14H20F2N2O/c15-13-2-1-11(9-14(13)16)10-18-6-3-12(4-7-18)19-8-5-17/h1-2,9,12H,3-8,10,17H2. The summed E-state index contributed by atoms with van der Waals surface area (Å²) in [5.74, 6) is -1.57. The largest absolute Gasteiger partial charge is 0.377 e. The summed E-state index contributed by atoms with van der Waals surface area (Å²) in [7, 11) is 0. The number of benzene rings is 1. The minimum absolute atomic E-state index is 0.282. The summed E-state index contributed by atoms with van der Waals surface area (Å²) in [5.41, 5.74) is 6.21. The lowest BCUT2D eigenvalue weighted by Gasteiger charge is -2.31. The van der Waals surface area contributed by atoms with Gasteiger partial charge in [-0.1, -0.05) is 6.07 Å². The Labute approximate surface area is 112 Å². The summed E-state index contributed by atoms with van der Waals surface area (Å²) in [6.07, 6.45) is 2.21. The Morgan fingerprint density at radius 2 is 1.95 bits per heavy atom. The molecular formula is C14H20F2N2O. The molecule has 0 saturated carbocycles. The van der Waals surface area contributed by atoms with E-state index in [1.165, 1.54) is 12.1 Å². The Hall–Kier alpha value is -1.04.